The van der Waals surface area contributed by atoms with Crippen molar-refractivity contribution in [2.24, 2.45) is 0 Å². The molecule has 0 saturated carbocycles. The molecule has 2 aromatic carbocycles. The maximum Gasteiger partial charge on any atom is 0.322 e. The van der Waals surface area contributed by atoms with Crippen LogP contribution in [0.15, 0.2) is 57.8 Å². The molecule has 1 aromatic heterocycles. The molecule has 144 valence electrons. The van der Waals surface area contributed by atoms with Gasteiger partial charge in [0.05, 0.1) is 4.90 Å². The summed E-state index contributed by atoms with van der Waals surface area (Å²) in [7, 11) is -3.37. The Balaban J connectivity index is 1.48. The molecule has 0 unspecified atom stereocenters. The van der Waals surface area contributed by atoms with Crippen molar-refractivity contribution in [1.82, 2.24) is 10.2 Å². The summed E-state index contributed by atoms with van der Waals surface area (Å²) in [6.45, 7) is 0.0419. The van der Waals surface area contributed by atoms with Gasteiger partial charge in [0, 0.05) is 11.8 Å². The van der Waals surface area contributed by atoms with E-state index in [4.69, 9.17) is 13.9 Å². The minimum Gasteiger partial charge on any atom is -0.485 e. The first-order chi connectivity index (χ1) is 13.4. The van der Waals surface area contributed by atoms with Gasteiger partial charge in [-0.3, -0.25) is 10.1 Å². The first-order valence-electron chi connectivity index (χ1n) is 8.23. The van der Waals surface area contributed by atoms with Crippen molar-refractivity contribution in [3.05, 3.63) is 48.5 Å². The summed E-state index contributed by atoms with van der Waals surface area (Å²) >= 11 is 0. The Labute approximate surface area is 160 Å². The molecule has 1 N–H and O–H groups in total. The van der Waals surface area contributed by atoms with Crippen molar-refractivity contribution in [3.8, 4) is 23.0 Å². The quantitative estimate of drug-likeness (QED) is 0.704. The van der Waals surface area contributed by atoms with Gasteiger partial charge in [-0.05, 0) is 30.3 Å². The molecule has 4 rings (SSSR count). The SMILES string of the molecule is CS(=O)(=O)c1cccc(-c2nnc(NC(=O)[C@@H]3COc4ccccc4O3)o2)c1. The standard InChI is InChI=1S/C18H15N3O6S/c1-28(23,24)12-6-4-5-11(9-12)17-20-21-18(27-17)19-16(22)15-10-25-13-7-2-3-8-14(13)26-15/h2-9,15H,10H2,1H3,(H,19,21,22)/t15-/m0/s1. The second-order valence-corrected chi connectivity index (χ2v) is 8.08. The van der Waals surface area contributed by atoms with Gasteiger partial charge in [-0.2, -0.15) is 0 Å². The monoisotopic (exact) mass is 401 g/mol. The van der Waals surface area contributed by atoms with Gasteiger partial charge in [0.2, 0.25) is 12.0 Å². The molecule has 0 radical (unpaired) electrons. The molecule has 0 saturated heterocycles. The second-order valence-electron chi connectivity index (χ2n) is 6.07. The molecule has 0 spiro atoms. The summed E-state index contributed by atoms with van der Waals surface area (Å²) in [6, 6.07) is 13.0. The highest BCUT2D eigenvalue weighted by atomic mass is 32.2. The highest BCUT2D eigenvalue weighted by Crippen LogP contribution is 2.31. The van der Waals surface area contributed by atoms with Gasteiger partial charge in [0.25, 0.3) is 5.91 Å². The highest BCUT2D eigenvalue weighted by molar-refractivity contribution is 7.90. The van der Waals surface area contributed by atoms with E-state index in [9.17, 15) is 13.2 Å². The number of hydrogen-bond acceptors (Lipinski definition) is 8. The zero-order valence-corrected chi connectivity index (χ0v) is 15.5. The van der Waals surface area contributed by atoms with E-state index in [1.807, 2.05) is 0 Å². The molecule has 9 nitrogen and oxygen atoms in total. The smallest absolute Gasteiger partial charge is 0.322 e. The van der Waals surface area contributed by atoms with Gasteiger partial charge in [-0.1, -0.05) is 23.3 Å². The average Bonchev–Trinajstić information content (AvgIpc) is 3.15. The van der Waals surface area contributed by atoms with Gasteiger partial charge >= 0.3 is 6.01 Å². The highest BCUT2D eigenvalue weighted by Gasteiger charge is 2.28. The minimum atomic E-state index is -3.37. The average molecular weight is 401 g/mol. The number of hydrogen-bond donors (Lipinski definition) is 1. The van der Waals surface area contributed by atoms with Gasteiger partial charge in [-0.25, -0.2) is 8.42 Å². The molecular formula is C18H15N3O6S. The van der Waals surface area contributed by atoms with Gasteiger partial charge in [0.1, 0.15) is 6.61 Å². The molecule has 3 aromatic rings. The summed E-state index contributed by atoms with van der Waals surface area (Å²) in [6.07, 6.45) is 0.231. The molecule has 1 aliphatic rings. The van der Waals surface area contributed by atoms with Gasteiger partial charge in [0.15, 0.2) is 21.3 Å². The Morgan fingerprint density at radius 3 is 2.68 bits per heavy atom. The molecule has 1 aliphatic heterocycles. The summed E-state index contributed by atoms with van der Waals surface area (Å²) < 4.78 is 39.9. The van der Waals surface area contributed by atoms with Crippen molar-refractivity contribution in [1.29, 1.82) is 0 Å². The Hall–Kier alpha value is -3.40. The number of carbonyl (C=O) groups is 1. The van der Waals surface area contributed by atoms with E-state index < -0.39 is 21.8 Å². The van der Waals surface area contributed by atoms with E-state index in [1.54, 1.807) is 36.4 Å². The van der Waals surface area contributed by atoms with Crippen LogP contribution in [-0.4, -0.2) is 43.5 Å². The number of nitrogens with one attached hydrogen (secondary N) is 1. The van der Waals surface area contributed by atoms with Gasteiger partial charge < -0.3 is 13.9 Å². The maximum atomic E-state index is 12.4. The lowest BCUT2D eigenvalue weighted by Crippen LogP contribution is -2.40. The number of fused-ring (bicyclic) bond motifs is 1. The Bertz CT molecular complexity index is 1140. The van der Waals surface area contributed by atoms with E-state index in [0.717, 1.165) is 6.26 Å². The number of carbonyl (C=O) groups excluding carboxylic acids is 1. The number of anilines is 1. The molecule has 2 heterocycles. The number of sulfone groups is 1. The van der Waals surface area contributed by atoms with Crippen molar-refractivity contribution in [3.63, 3.8) is 0 Å². The first kappa shape index (κ1) is 18.0. The van der Waals surface area contributed by atoms with Crippen LogP contribution in [0, 0.1) is 0 Å². The fourth-order valence-electron chi connectivity index (χ4n) is 2.58. The first-order valence-corrected chi connectivity index (χ1v) is 10.1. The van der Waals surface area contributed by atoms with Crippen LogP contribution >= 0.6 is 0 Å². The number of nitrogens with zero attached hydrogens (tertiary/aromatic N) is 2. The summed E-state index contributed by atoms with van der Waals surface area (Å²) in [5, 5.41) is 10.1. The predicted octanol–water partition coefficient (Wildman–Crippen LogP) is 1.92. The van der Waals surface area contributed by atoms with Crippen LogP contribution < -0.4 is 14.8 Å². The van der Waals surface area contributed by atoms with E-state index in [0.29, 0.717) is 17.1 Å². The van der Waals surface area contributed by atoms with Gasteiger partial charge in [-0.15, -0.1) is 5.10 Å². The lowest BCUT2D eigenvalue weighted by atomic mass is 10.2. The van der Waals surface area contributed by atoms with E-state index >= 15 is 0 Å². The zero-order chi connectivity index (χ0) is 19.7. The van der Waals surface area contributed by atoms with E-state index in [1.165, 1.54) is 12.1 Å². The third-order valence-electron chi connectivity index (χ3n) is 3.97. The number of amides is 1. The number of ether oxygens (including phenoxy) is 2. The number of benzene rings is 2. The number of para-hydroxylation sites is 2. The largest absolute Gasteiger partial charge is 0.485 e. The molecule has 28 heavy (non-hydrogen) atoms. The van der Waals surface area contributed by atoms with Crippen molar-refractivity contribution in [2.75, 3.05) is 18.2 Å². The van der Waals surface area contributed by atoms with E-state index in [2.05, 4.69) is 15.5 Å². The third kappa shape index (κ3) is 3.67. The van der Waals surface area contributed by atoms with Crippen LogP contribution in [0.5, 0.6) is 11.5 Å². The lowest BCUT2D eigenvalue weighted by Gasteiger charge is -2.24. The van der Waals surface area contributed by atoms with Crippen LogP contribution in [-0.2, 0) is 14.6 Å². The molecule has 10 heteroatoms. The lowest BCUT2D eigenvalue weighted by molar-refractivity contribution is -0.125. The molecular weight excluding hydrogens is 386 g/mol. The Morgan fingerprint density at radius 1 is 1.11 bits per heavy atom. The van der Waals surface area contributed by atoms with Crippen LogP contribution in [0.2, 0.25) is 0 Å². The normalized spacial score (nSPS) is 15.8. The second kappa shape index (κ2) is 6.97. The fraction of sp³-hybridized carbons (Fsp3) is 0.167. The summed E-state index contributed by atoms with van der Waals surface area (Å²) in [4.78, 5) is 12.5. The molecule has 0 fully saturated rings. The number of aromatic nitrogens is 2. The van der Waals surface area contributed by atoms with Crippen LogP contribution in [0.3, 0.4) is 0 Å². The molecule has 1 amide bonds. The maximum absolute atomic E-state index is 12.4. The summed E-state index contributed by atoms with van der Waals surface area (Å²) in [5.41, 5.74) is 0.419. The van der Waals surface area contributed by atoms with Crippen LogP contribution in [0.25, 0.3) is 11.5 Å². The zero-order valence-electron chi connectivity index (χ0n) is 14.7. The minimum absolute atomic E-state index is 0.0419. The van der Waals surface area contributed by atoms with Crippen molar-refractivity contribution >= 4 is 21.8 Å². The Kier molecular flexibility index (Phi) is 4.47. The molecule has 0 aliphatic carbocycles. The third-order valence-corrected chi connectivity index (χ3v) is 5.08. The van der Waals surface area contributed by atoms with E-state index in [-0.39, 0.29) is 23.4 Å². The fourth-order valence-corrected chi connectivity index (χ4v) is 3.25. The van der Waals surface area contributed by atoms with Crippen molar-refractivity contribution in [2.45, 2.75) is 11.0 Å². The Morgan fingerprint density at radius 2 is 1.89 bits per heavy atom. The predicted molar refractivity (Wildman–Crippen MR) is 97.8 cm³/mol. The van der Waals surface area contributed by atoms with Crippen LogP contribution in [0.1, 0.15) is 0 Å². The van der Waals surface area contributed by atoms with Crippen LogP contribution in [0.4, 0.5) is 6.01 Å². The summed E-state index contributed by atoms with van der Waals surface area (Å²) in [5.74, 6) is 0.608. The van der Waals surface area contributed by atoms with Crippen molar-refractivity contribution < 1.29 is 27.1 Å². The topological polar surface area (TPSA) is 121 Å². The molecule has 0 bridgehead atoms. The molecule has 1 atom stereocenters. The number of rotatable bonds is 4.